The summed E-state index contributed by atoms with van der Waals surface area (Å²) in [5, 5.41) is 2.70. The van der Waals surface area contributed by atoms with Crippen molar-refractivity contribution in [2.75, 3.05) is 17.6 Å². The maximum Gasteiger partial charge on any atom is 0.154 e. The number of aromatic nitrogens is 1. The van der Waals surface area contributed by atoms with Crippen molar-refractivity contribution in [2.24, 2.45) is 5.73 Å². The van der Waals surface area contributed by atoms with Crippen molar-refractivity contribution >= 4 is 32.9 Å². The van der Waals surface area contributed by atoms with Crippen molar-refractivity contribution in [3.63, 3.8) is 0 Å². The first-order valence-corrected chi connectivity index (χ1v) is 7.83. The Kier molecular flexibility index (Phi) is 3.82. The molecule has 1 fully saturated rings. The monoisotopic (exact) mass is 285 g/mol. The summed E-state index contributed by atoms with van der Waals surface area (Å²) in [7, 11) is -2.94. The predicted molar refractivity (Wildman–Crippen MR) is 75.4 cm³/mol. The number of nitrogens with two attached hydrogens (primary N) is 1. The van der Waals surface area contributed by atoms with Gasteiger partial charge in [-0.15, -0.1) is 0 Å². The number of nitrogens with zero attached hydrogens (tertiary/aromatic N) is 1. The molecule has 1 aliphatic heterocycles. The SMILES string of the molecule is NC(=S)c1cccnc1NCC1CCCS1(=O)=O. The minimum atomic E-state index is -2.94. The number of nitrogens with one attached hydrogen (secondary N) is 1. The largest absolute Gasteiger partial charge is 0.389 e. The van der Waals surface area contributed by atoms with Crippen LogP contribution in [0.3, 0.4) is 0 Å². The Balaban J connectivity index is 2.09. The van der Waals surface area contributed by atoms with Gasteiger partial charge in [0.15, 0.2) is 9.84 Å². The van der Waals surface area contributed by atoms with Gasteiger partial charge in [0.1, 0.15) is 10.8 Å². The lowest BCUT2D eigenvalue weighted by Gasteiger charge is -2.13. The van der Waals surface area contributed by atoms with E-state index in [-0.39, 0.29) is 16.0 Å². The smallest absolute Gasteiger partial charge is 0.154 e. The van der Waals surface area contributed by atoms with Crippen LogP contribution in [0.15, 0.2) is 18.3 Å². The molecule has 98 valence electrons. The molecule has 0 aliphatic carbocycles. The zero-order chi connectivity index (χ0) is 13.2. The number of anilines is 1. The topological polar surface area (TPSA) is 85.1 Å². The summed E-state index contributed by atoms with van der Waals surface area (Å²) in [5.74, 6) is 0.830. The summed E-state index contributed by atoms with van der Waals surface area (Å²) in [6, 6.07) is 3.51. The van der Waals surface area contributed by atoms with E-state index < -0.39 is 9.84 Å². The second kappa shape index (κ2) is 5.19. The van der Waals surface area contributed by atoms with Gasteiger partial charge in [-0.05, 0) is 25.0 Å². The molecule has 1 atom stereocenters. The third-order valence-corrected chi connectivity index (χ3v) is 5.53. The van der Waals surface area contributed by atoms with E-state index in [0.717, 1.165) is 6.42 Å². The zero-order valence-electron chi connectivity index (χ0n) is 9.80. The molecule has 7 heteroatoms. The second-order valence-corrected chi connectivity index (χ2v) is 7.12. The summed E-state index contributed by atoms with van der Waals surface area (Å²) >= 11 is 4.92. The van der Waals surface area contributed by atoms with Gasteiger partial charge in [0.25, 0.3) is 0 Å². The molecular formula is C11H15N3O2S2. The van der Waals surface area contributed by atoms with Crippen molar-refractivity contribution in [3.8, 4) is 0 Å². The average molecular weight is 285 g/mol. The van der Waals surface area contributed by atoms with Crippen molar-refractivity contribution in [3.05, 3.63) is 23.9 Å². The summed E-state index contributed by atoms with van der Waals surface area (Å²) in [6.45, 7) is 0.356. The van der Waals surface area contributed by atoms with Crippen LogP contribution in [-0.2, 0) is 9.84 Å². The highest BCUT2D eigenvalue weighted by Crippen LogP contribution is 2.21. The van der Waals surface area contributed by atoms with Crippen LogP contribution in [0.5, 0.6) is 0 Å². The average Bonchev–Trinajstić information content (AvgIpc) is 2.66. The predicted octanol–water partition coefficient (Wildman–Crippen LogP) is 0.705. The van der Waals surface area contributed by atoms with Crippen molar-refractivity contribution in [1.29, 1.82) is 0 Å². The summed E-state index contributed by atoms with van der Waals surface area (Å²) in [6.07, 6.45) is 3.05. The number of thiocarbonyl (C=S) groups is 1. The minimum Gasteiger partial charge on any atom is -0.389 e. The molecule has 2 rings (SSSR count). The Morgan fingerprint density at radius 3 is 3.00 bits per heavy atom. The number of hydrogen-bond donors (Lipinski definition) is 2. The Bertz CT molecular complexity index is 557. The number of pyridine rings is 1. The highest BCUT2D eigenvalue weighted by atomic mass is 32.2. The minimum absolute atomic E-state index is 0.250. The van der Waals surface area contributed by atoms with Gasteiger partial charge in [0.05, 0.1) is 16.6 Å². The van der Waals surface area contributed by atoms with Crippen LogP contribution in [-0.4, -0.2) is 35.9 Å². The molecule has 0 saturated carbocycles. The standard InChI is InChI=1S/C11H15N3O2S2/c12-10(17)9-4-1-5-13-11(9)14-7-8-3-2-6-18(8,15)16/h1,4-5,8H,2-3,6-7H2,(H2,12,17)(H,13,14). The van der Waals surface area contributed by atoms with E-state index in [9.17, 15) is 8.42 Å². The molecule has 0 spiro atoms. The normalized spacial score (nSPS) is 21.7. The fourth-order valence-corrected chi connectivity index (χ4v) is 3.97. The van der Waals surface area contributed by atoms with Crippen molar-refractivity contribution in [2.45, 2.75) is 18.1 Å². The Labute approximate surface area is 112 Å². The molecule has 1 aliphatic rings. The zero-order valence-corrected chi connectivity index (χ0v) is 11.4. The van der Waals surface area contributed by atoms with Gasteiger partial charge >= 0.3 is 0 Å². The third-order valence-electron chi connectivity index (χ3n) is 3.03. The van der Waals surface area contributed by atoms with E-state index in [2.05, 4.69) is 10.3 Å². The van der Waals surface area contributed by atoms with E-state index in [1.807, 2.05) is 0 Å². The third kappa shape index (κ3) is 2.78. The van der Waals surface area contributed by atoms with E-state index in [1.54, 1.807) is 18.3 Å². The molecule has 0 radical (unpaired) electrons. The van der Waals surface area contributed by atoms with E-state index >= 15 is 0 Å². The van der Waals surface area contributed by atoms with Gasteiger partial charge in [-0.2, -0.15) is 0 Å². The fraction of sp³-hybridized carbons (Fsp3) is 0.455. The highest BCUT2D eigenvalue weighted by Gasteiger charge is 2.31. The molecule has 1 aromatic heterocycles. The molecule has 0 amide bonds. The van der Waals surface area contributed by atoms with Gasteiger partial charge in [-0.25, -0.2) is 13.4 Å². The molecule has 5 nitrogen and oxygen atoms in total. The molecule has 1 unspecified atom stereocenters. The second-order valence-electron chi connectivity index (χ2n) is 4.28. The van der Waals surface area contributed by atoms with Crippen LogP contribution in [0.1, 0.15) is 18.4 Å². The van der Waals surface area contributed by atoms with E-state index in [4.69, 9.17) is 18.0 Å². The number of hydrogen-bond acceptors (Lipinski definition) is 5. The molecule has 0 aromatic carbocycles. The maximum atomic E-state index is 11.7. The molecule has 1 aromatic rings. The first-order valence-electron chi connectivity index (χ1n) is 5.71. The molecule has 3 N–H and O–H groups in total. The van der Waals surface area contributed by atoms with Gasteiger partial charge in [0.2, 0.25) is 0 Å². The van der Waals surface area contributed by atoms with Crippen LogP contribution in [0.2, 0.25) is 0 Å². The Morgan fingerprint density at radius 2 is 2.39 bits per heavy atom. The Hall–Kier alpha value is -1.21. The Morgan fingerprint density at radius 1 is 1.61 bits per heavy atom. The quantitative estimate of drug-likeness (QED) is 0.792. The highest BCUT2D eigenvalue weighted by molar-refractivity contribution is 7.92. The van der Waals surface area contributed by atoms with Gasteiger partial charge < -0.3 is 11.1 Å². The van der Waals surface area contributed by atoms with Crippen LogP contribution >= 0.6 is 12.2 Å². The summed E-state index contributed by atoms with van der Waals surface area (Å²) in [4.78, 5) is 4.39. The lowest BCUT2D eigenvalue weighted by atomic mass is 10.2. The summed E-state index contributed by atoms with van der Waals surface area (Å²) in [5.41, 5.74) is 6.23. The fourth-order valence-electron chi connectivity index (χ4n) is 2.04. The van der Waals surface area contributed by atoms with Crippen molar-refractivity contribution in [1.82, 2.24) is 4.98 Å². The first-order chi connectivity index (χ1) is 8.50. The number of sulfone groups is 1. The molecule has 18 heavy (non-hydrogen) atoms. The van der Waals surface area contributed by atoms with E-state index in [1.165, 1.54) is 0 Å². The van der Waals surface area contributed by atoms with Gasteiger partial charge in [-0.3, -0.25) is 0 Å². The van der Waals surface area contributed by atoms with Crippen LogP contribution < -0.4 is 11.1 Å². The maximum absolute atomic E-state index is 11.7. The molecule has 2 heterocycles. The van der Waals surface area contributed by atoms with Gasteiger partial charge in [0, 0.05) is 12.7 Å². The lowest BCUT2D eigenvalue weighted by Crippen LogP contribution is -2.26. The van der Waals surface area contributed by atoms with Crippen LogP contribution in [0.25, 0.3) is 0 Å². The van der Waals surface area contributed by atoms with Crippen LogP contribution in [0.4, 0.5) is 5.82 Å². The molecular weight excluding hydrogens is 270 g/mol. The first kappa shape index (κ1) is 13.2. The van der Waals surface area contributed by atoms with E-state index in [0.29, 0.717) is 24.3 Å². The van der Waals surface area contributed by atoms with Crippen molar-refractivity contribution < 1.29 is 8.42 Å². The lowest BCUT2D eigenvalue weighted by molar-refractivity contribution is 0.591. The van der Waals surface area contributed by atoms with Gasteiger partial charge in [-0.1, -0.05) is 12.2 Å². The molecule has 0 bridgehead atoms. The summed E-state index contributed by atoms with van der Waals surface area (Å²) < 4.78 is 23.4. The molecule has 1 saturated heterocycles. The van der Waals surface area contributed by atoms with Crippen LogP contribution in [0, 0.1) is 0 Å². The number of rotatable bonds is 4.